The number of para-hydroxylation sites is 1. The summed E-state index contributed by atoms with van der Waals surface area (Å²) in [4.78, 5) is 12.3. The molecular formula is C18H15N5O3S. The second-order valence-electron chi connectivity index (χ2n) is 5.59. The Hall–Kier alpha value is -3.64. The van der Waals surface area contributed by atoms with E-state index in [1.165, 1.54) is 16.9 Å². The quantitative estimate of drug-likeness (QED) is 0.720. The Labute approximate surface area is 156 Å². The number of benzene rings is 2. The van der Waals surface area contributed by atoms with E-state index in [0.29, 0.717) is 11.3 Å². The summed E-state index contributed by atoms with van der Waals surface area (Å²) < 4.78 is 28.2. The Kier molecular flexibility index (Phi) is 4.92. The highest BCUT2D eigenvalue weighted by atomic mass is 32.2. The first-order chi connectivity index (χ1) is 12.9. The molecule has 27 heavy (non-hydrogen) atoms. The summed E-state index contributed by atoms with van der Waals surface area (Å²) in [7, 11) is -4.07. The van der Waals surface area contributed by atoms with Crippen molar-refractivity contribution in [3.63, 3.8) is 0 Å². The van der Waals surface area contributed by atoms with Gasteiger partial charge in [-0.25, -0.2) is 22.6 Å². The van der Waals surface area contributed by atoms with Gasteiger partial charge in [-0.05, 0) is 30.7 Å². The number of amides is 2. The largest absolute Gasteiger partial charge is 0.334 e. The molecule has 9 heteroatoms. The van der Waals surface area contributed by atoms with E-state index in [1.807, 2.05) is 16.9 Å². The first-order valence-electron chi connectivity index (χ1n) is 7.85. The third-order valence-corrected chi connectivity index (χ3v) is 5.22. The minimum absolute atomic E-state index is 0.00257. The summed E-state index contributed by atoms with van der Waals surface area (Å²) in [6, 6.07) is 16.1. The molecule has 2 aromatic carbocycles. The van der Waals surface area contributed by atoms with E-state index >= 15 is 0 Å². The van der Waals surface area contributed by atoms with E-state index in [0.717, 1.165) is 0 Å². The van der Waals surface area contributed by atoms with Crippen molar-refractivity contribution in [3.8, 4) is 11.8 Å². The number of nitrogens with one attached hydrogen (secondary N) is 2. The Bertz CT molecular complexity index is 1130. The summed E-state index contributed by atoms with van der Waals surface area (Å²) in [6.07, 6.45) is 1.29. The molecule has 0 aliphatic heterocycles. The van der Waals surface area contributed by atoms with Crippen LogP contribution in [0.2, 0.25) is 0 Å². The standard InChI is InChI=1S/C18H15N5O3S/c1-13-7-5-6-10-16(13)27(25,26)22-18(24)21-17-14(11-19)12-20-23(17)15-8-3-2-4-9-15/h2-10,12H,1H3,(H2,21,22,24). The van der Waals surface area contributed by atoms with Crippen LogP contribution in [0, 0.1) is 18.3 Å². The van der Waals surface area contributed by atoms with Crippen LogP contribution in [0.15, 0.2) is 65.7 Å². The van der Waals surface area contributed by atoms with Crippen LogP contribution in [0.4, 0.5) is 10.6 Å². The van der Waals surface area contributed by atoms with E-state index < -0.39 is 16.1 Å². The van der Waals surface area contributed by atoms with Gasteiger partial charge in [0.2, 0.25) is 0 Å². The fraction of sp³-hybridized carbons (Fsp3) is 0.0556. The molecular weight excluding hydrogens is 366 g/mol. The maximum atomic E-state index is 12.4. The Morgan fingerprint density at radius 1 is 1.11 bits per heavy atom. The first-order valence-corrected chi connectivity index (χ1v) is 9.33. The zero-order chi connectivity index (χ0) is 19.4. The molecule has 136 valence electrons. The molecule has 0 radical (unpaired) electrons. The summed E-state index contributed by atoms with van der Waals surface area (Å²) in [5.74, 6) is 0.0705. The number of anilines is 1. The molecule has 0 aliphatic rings. The number of rotatable bonds is 4. The summed E-state index contributed by atoms with van der Waals surface area (Å²) in [5, 5.41) is 15.7. The summed E-state index contributed by atoms with van der Waals surface area (Å²) in [5.41, 5.74) is 1.21. The van der Waals surface area contributed by atoms with Gasteiger partial charge >= 0.3 is 6.03 Å². The minimum Gasteiger partial charge on any atom is -0.290 e. The average Bonchev–Trinajstić information content (AvgIpc) is 3.04. The van der Waals surface area contributed by atoms with Crippen molar-refractivity contribution in [1.82, 2.24) is 14.5 Å². The predicted octanol–water partition coefficient (Wildman–Crippen LogP) is 2.56. The third-order valence-electron chi connectivity index (χ3n) is 3.73. The molecule has 0 unspecified atom stereocenters. The lowest BCUT2D eigenvalue weighted by Gasteiger charge is -2.12. The van der Waals surface area contributed by atoms with Crippen molar-refractivity contribution in [1.29, 1.82) is 5.26 Å². The average molecular weight is 381 g/mol. The molecule has 0 saturated carbocycles. The van der Waals surface area contributed by atoms with Crippen LogP contribution < -0.4 is 10.0 Å². The smallest absolute Gasteiger partial charge is 0.290 e. The van der Waals surface area contributed by atoms with Crippen LogP contribution in [0.5, 0.6) is 0 Å². The number of urea groups is 1. The first kappa shape index (κ1) is 18.2. The lowest BCUT2D eigenvalue weighted by atomic mass is 10.2. The number of carbonyl (C=O) groups is 1. The summed E-state index contributed by atoms with van der Waals surface area (Å²) in [6.45, 7) is 1.63. The van der Waals surface area contributed by atoms with Crippen LogP contribution in [-0.4, -0.2) is 24.2 Å². The van der Waals surface area contributed by atoms with E-state index in [4.69, 9.17) is 0 Å². The number of sulfonamides is 1. The van der Waals surface area contributed by atoms with Crippen LogP contribution in [0.1, 0.15) is 11.1 Å². The zero-order valence-electron chi connectivity index (χ0n) is 14.2. The maximum absolute atomic E-state index is 12.4. The van der Waals surface area contributed by atoms with Crippen molar-refractivity contribution >= 4 is 21.9 Å². The lowest BCUT2D eigenvalue weighted by Crippen LogP contribution is -2.35. The predicted molar refractivity (Wildman–Crippen MR) is 98.8 cm³/mol. The van der Waals surface area contributed by atoms with Gasteiger partial charge in [-0.1, -0.05) is 36.4 Å². The van der Waals surface area contributed by atoms with Gasteiger partial charge < -0.3 is 0 Å². The molecule has 0 saturated heterocycles. The van der Waals surface area contributed by atoms with Crippen LogP contribution >= 0.6 is 0 Å². The second-order valence-corrected chi connectivity index (χ2v) is 7.24. The molecule has 0 spiro atoms. The SMILES string of the molecule is Cc1ccccc1S(=O)(=O)NC(=O)Nc1c(C#N)cnn1-c1ccccc1. The monoisotopic (exact) mass is 381 g/mol. The number of carbonyl (C=O) groups excluding carboxylic acids is 1. The number of aryl methyl sites for hydroxylation is 1. The van der Waals surface area contributed by atoms with Gasteiger partial charge in [0.25, 0.3) is 10.0 Å². The van der Waals surface area contributed by atoms with Gasteiger partial charge in [0.05, 0.1) is 16.8 Å². The summed E-state index contributed by atoms with van der Waals surface area (Å²) >= 11 is 0. The fourth-order valence-electron chi connectivity index (χ4n) is 2.48. The van der Waals surface area contributed by atoms with Gasteiger partial charge in [-0.15, -0.1) is 0 Å². The fourth-order valence-corrected chi connectivity index (χ4v) is 3.64. The molecule has 3 rings (SSSR count). The Morgan fingerprint density at radius 3 is 2.44 bits per heavy atom. The Morgan fingerprint density at radius 2 is 1.78 bits per heavy atom. The highest BCUT2D eigenvalue weighted by Crippen LogP contribution is 2.20. The van der Waals surface area contributed by atoms with Crippen molar-refractivity contribution in [3.05, 3.63) is 71.9 Å². The number of nitriles is 1. The van der Waals surface area contributed by atoms with Crippen molar-refractivity contribution < 1.29 is 13.2 Å². The normalized spacial score (nSPS) is 10.8. The van der Waals surface area contributed by atoms with Gasteiger partial charge in [0.15, 0.2) is 5.82 Å². The topological polar surface area (TPSA) is 117 Å². The molecule has 2 N–H and O–H groups in total. The highest BCUT2D eigenvalue weighted by Gasteiger charge is 2.22. The van der Waals surface area contributed by atoms with Crippen LogP contribution in [0.3, 0.4) is 0 Å². The molecule has 0 atom stereocenters. The zero-order valence-corrected chi connectivity index (χ0v) is 15.1. The molecule has 0 aliphatic carbocycles. The van der Waals surface area contributed by atoms with Gasteiger partial charge in [-0.3, -0.25) is 5.32 Å². The Balaban J connectivity index is 1.88. The molecule has 2 amide bonds. The van der Waals surface area contributed by atoms with Gasteiger partial charge in [0.1, 0.15) is 11.6 Å². The van der Waals surface area contributed by atoms with Crippen molar-refractivity contribution in [2.24, 2.45) is 0 Å². The number of aromatic nitrogens is 2. The molecule has 8 nitrogen and oxygen atoms in total. The number of nitrogens with zero attached hydrogens (tertiary/aromatic N) is 3. The second kappa shape index (κ2) is 7.31. The van der Waals surface area contributed by atoms with Gasteiger partial charge in [-0.2, -0.15) is 10.4 Å². The third kappa shape index (κ3) is 3.80. The van der Waals surface area contributed by atoms with Crippen LogP contribution in [-0.2, 0) is 10.0 Å². The number of hydrogen-bond donors (Lipinski definition) is 2. The number of hydrogen-bond acceptors (Lipinski definition) is 5. The van der Waals surface area contributed by atoms with E-state index in [9.17, 15) is 18.5 Å². The van der Waals surface area contributed by atoms with E-state index in [-0.39, 0.29) is 16.3 Å². The van der Waals surface area contributed by atoms with Crippen LogP contribution in [0.25, 0.3) is 5.69 Å². The molecule has 1 heterocycles. The molecule has 0 fully saturated rings. The molecule has 0 bridgehead atoms. The molecule has 1 aromatic heterocycles. The highest BCUT2D eigenvalue weighted by molar-refractivity contribution is 7.90. The van der Waals surface area contributed by atoms with Gasteiger partial charge in [0, 0.05) is 0 Å². The van der Waals surface area contributed by atoms with E-state index in [2.05, 4.69) is 10.4 Å². The molecule has 3 aromatic rings. The minimum atomic E-state index is -4.07. The van der Waals surface area contributed by atoms with E-state index in [1.54, 1.807) is 49.4 Å². The lowest BCUT2D eigenvalue weighted by molar-refractivity contribution is 0.256. The maximum Gasteiger partial charge on any atom is 0.334 e. The van der Waals surface area contributed by atoms with Crippen molar-refractivity contribution in [2.75, 3.05) is 5.32 Å². The van der Waals surface area contributed by atoms with Crippen molar-refractivity contribution in [2.45, 2.75) is 11.8 Å².